The van der Waals surface area contributed by atoms with Crippen molar-refractivity contribution in [3.8, 4) is 0 Å². The van der Waals surface area contributed by atoms with Gasteiger partial charge in [-0.25, -0.2) is 8.78 Å². The number of nitrogens with one attached hydrogen (secondary N) is 3. The van der Waals surface area contributed by atoms with Gasteiger partial charge in [0.15, 0.2) is 0 Å². The first-order valence-corrected chi connectivity index (χ1v) is 9.27. The SMILES string of the molecule is O=C(Cc1ccc2cn[nH]c2c1)Nc1ccnc(C(=O)NC2CCCC2(F)F)c1. The topological polar surface area (TPSA) is 99.8 Å². The molecule has 150 valence electrons. The van der Waals surface area contributed by atoms with Crippen LogP contribution in [0.1, 0.15) is 35.3 Å². The van der Waals surface area contributed by atoms with E-state index in [1.165, 1.54) is 18.3 Å². The van der Waals surface area contributed by atoms with Gasteiger partial charge in [0.25, 0.3) is 11.8 Å². The van der Waals surface area contributed by atoms with Gasteiger partial charge in [-0.3, -0.25) is 19.7 Å². The molecule has 0 radical (unpaired) electrons. The van der Waals surface area contributed by atoms with Crippen molar-refractivity contribution >= 4 is 28.4 Å². The third-order valence-electron chi connectivity index (χ3n) is 4.97. The number of hydrogen-bond acceptors (Lipinski definition) is 4. The zero-order chi connectivity index (χ0) is 20.4. The number of fused-ring (bicyclic) bond motifs is 1. The Kier molecular flexibility index (Phi) is 4.96. The van der Waals surface area contributed by atoms with E-state index in [0.29, 0.717) is 12.1 Å². The molecule has 1 aromatic carbocycles. The number of anilines is 1. The third-order valence-corrected chi connectivity index (χ3v) is 4.97. The van der Waals surface area contributed by atoms with Crippen LogP contribution in [0.25, 0.3) is 10.9 Å². The molecule has 1 atom stereocenters. The zero-order valence-electron chi connectivity index (χ0n) is 15.4. The highest BCUT2D eigenvalue weighted by molar-refractivity contribution is 5.96. The number of pyridine rings is 1. The first-order chi connectivity index (χ1) is 13.9. The molecule has 0 bridgehead atoms. The Bertz CT molecular complexity index is 1070. The number of alkyl halides is 2. The normalized spacial score (nSPS) is 17.9. The van der Waals surface area contributed by atoms with Crippen molar-refractivity contribution in [1.29, 1.82) is 0 Å². The molecule has 2 heterocycles. The molecular formula is C20H19F2N5O2. The Morgan fingerprint density at radius 1 is 1.24 bits per heavy atom. The van der Waals surface area contributed by atoms with Crippen LogP contribution in [0.3, 0.4) is 0 Å². The van der Waals surface area contributed by atoms with Crippen LogP contribution in [0.2, 0.25) is 0 Å². The highest BCUT2D eigenvalue weighted by Gasteiger charge is 2.44. The van der Waals surface area contributed by atoms with Crippen molar-refractivity contribution in [2.75, 3.05) is 5.32 Å². The molecule has 1 saturated carbocycles. The second-order valence-electron chi connectivity index (χ2n) is 7.13. The molecule has 0 aliphatic heterocycles. The number of aromatic amines is 1. The Morgan fingerprint density at radius 2 is 2.10 bits per heavy atom. The monoisotopic (exact) mass is 399 g/mol. The average molecular weight is 399 g/mol. The zero-order valence-corrected chi connectivity index (χ0v) is 15.4. The molecule has 7 nitrogen and oxygen atoms in total. The summed E-state index contributed by atoms with van der Waals surface area (Å²) in [4.78, 5) is 28.6. The van der Waals surface area contributed by atoms with Crippen molar-refractivity contribution in [3.63, 3.8) is 0 Å². The Balaban J connectivity index is 1.40. The quantitative estimate of drug-likeness (QED) is 0.614. The summed E-state index contributed by atoms with van der Waals surface area (Å²) in [6.07, 6.45) is 3.55. The van der Waals surface area contributed by atoms with Gasteiger partial charge in [0.05, 0.1) is 24.2 Å². The third kappa shape index (κ3) is 4.23. The average Bonchev–Trinajstić information content (AvgIpc) is 3.27. The maximum atomic E-state index is 13.7. The fourth-order valence-corrected chi connectivity index (χ4v) is 3.45. The van der Waals surface area contributed by atoms with E-state index in [4.69, 9.17) is 0 Å². The van der Waals surface area contributed by atoms with E-state index in [1.54, 1.807) is 6.20 Å². The molecule has 2 amide bonds. The molecule has 0 spiro atoms. The summed E-state index contributed by atoms with van der Waals surface area (Å²) < 4.78 is 27.4. The predicted octanol–water partition coefficient (Wildman–Crippen LogP) is 3.06. The number of aromatic nitrogens is 3. The van der Waals surface area contributed by atoms with Gasteiger partial charge in [-0.05, 0) is 36.6 Å². The number of hydrogen-bond donors (Lipinski definition) is 3. The molecule has 9 heteroatoms. The molecule has 0 saturated heterocycles. The maximum Gasteiger partial charge on any atom is 0.270 e. The van der Waals surface area contributed by atoms with E-state index in [1.807, 2.05) is 18.2 Å². The summed E-state index contributed by atoms with van der Waals surface area (Å²) in [7, 11) is 0. The molecule has 3 aromatic rings. The van der Waals surface area contributed by atoms with E-state index >= 15 is 0 Å². The number of rotatable bonds is 5. The molecule has 1 aliphatic carbocycles. The summed E-state index contributed by atoms with van der Waals surface area (Å²) in [5, 5.41) is 12.8. The van der Waals surface area contributed by atoms with Crippen LogP contribution in [0, 0.1) is 0 Å². The first kappa shape index (κ1) is 19.0. The lowest BCUT2D eigenvalue weighted by atomic mass is 10.1. The molecule has 4 rings (SSSR count). The lowest BCUT2D eigenvalue weighted by Gasteiger charge is -2.20. The van der Waals surface area contributed by atoms with E-state index in [9.17, 15) is 18.4 Å². The fraction of sp³-hybridized carbons (Fsp3) is 0.300. The van der Waals surface area contributed by atoms with E-state index in [0.717, 1.165) is 16.5 Å². The standard InChI is InChI=1S/C20H19F2N5O2/c21-20(22)6-1-2-17(20)26-19(29)16-10-14(5-7-23-16)25-18(28)9-12-3-4-13-11-24-27-15(13)8-12/h3-5,7-8,10-11,17H,1-2,6,9H2,(H,24,27)(H,26,29)(H,23,25,28). The Labute approximate surface area is 164 Å². The summed E-state index contributed by atoms with van der Waals surface area (Å²) in [6.45, 7) is 0. The summed E-state index contributed by atoms with van der Waals surface area (Å²) in [6, 6.07) is 7.27. The van der Waals surface area contributed by atoms with Gasteiger partial charge in [0.1, 0.15) is 5.69 Å². The van der Waals surface area contributed by atoms with E-state index < -0.39 is 17.9 Å². The minimum absolute atomic E-state index is 0.0237. The van der Waals surface area contributed by atoms with Crippen LogP contribution >= 0.6 is 0 Å². The van der Waals surface area contributed by atoms with Crippen molar-refractivity contribution in [1.82, 2.24) is 20.5 Å². The second kappa shape index (κ2) is 7.57. The minimum atomic E-state index is -2.91. The van der Waals surface area contributed by atoms with Crippen molar-refractivity contribution in [3.05, 3.63) is 54.0 Å². The van der Waals surface area contributed by atoms with Crippen LogP contribution in [0.4, 0.5) is 14.5 Å². The second-order valence-corrected chi connectivity index (χ2v) is 7.13. The van der Waals surface area contributed by atoms with Crippen molar-refractivity contribution in [2.45, 2.75) is 37.6 Å². The lowest BCUT2D eigenvalue weighted by Crippen LogP contribution is -2.44. The number of amides is 2. The molecule has 1 fully saturated rings. The first-order valence-electron chi connectivity index (χ1n) is 9.27. The molecule has 1 aliphatic rings. The summed E-state index contributed by atoms with van der Waals surface area (Å²) in [5.74, 6) is -3.86. The minimum Gasteiger partial charge on any atom is -0.342 e. The highest BCUT2D eigenvalue weighted by atomic mass is 19.3. The maximum absolute atomic E-state index is 13.7. The fourth-order valence-electron chi connectivity index (χ4n) is 3.45. The van der Waals surface area contributed by atoms with Crippen LogP contribution in [0.5, 0.6) is 0 Å². The number of H-pyrrole nitrogens is 1. The Hall–Kier alpha value is -3.36. The molecule has 1 unspecified atom stereocenters. The predicted molar refractivity (Wildman–Crippen MR) is 103 cm³/mol. The number of halogens is 2. The van der Waals surface area contributed by atoms with Gasteiger partial charge in [-0.1, -0.05) is 12.1 Å². The van der Waals surface area contributed by atoms with Crippen LogP contribution in [0.15, 0.2) is 42.7 Å². The van der Waals surface area contributed by atoms with Crippen LogP contribution in [-0.2, 0) is 11.2 Å². The summed E-state index contributed by atoms with van der Waals surface area (Å²) >= 11 is 0. The van der Waals surface area contributed by atoms with Crippen molar-refractivity contribution < 1.29 is 18.4 Å². The number of benzene rings is 1. The smallest absolute Gasteiger partial charge is 0.270 e. The van der Waals surface area contributed by atoms with Crippen molar-refractivity contribution in [2.24, 2.45) is 0 Å². The van der Waals surface area contributed by atoms with Gasteiger partial charge >= 0.3 is 0 Å². The van der Waals surface area contributed by atoms with E-state index in [2.05, 4.69) is 25.8 Å². The Morgan fingerprint density at radius 3 is 2.90 bits per heavy atom. The molecule has 3 N–H and O–H groups in total. The largest absolute Gasteiger partial charge is 0.342 e. The molecular weight excluding hydrogens is 380 g/mol. The lowest BCUT2D eigenvalue weighted by molar-refractivity contribution is -0.115. The molecule has 29 heavy (non-hydrogen) atoms. The van der Waals surface area contributed by atoms with Gasteiger partial charge in [-0.2, -0.15) is 5.10 Å². The number of carbonyl (C=O) groups is 2. The van der Waals surface area contributed by atoms with Crippen LogP contribution < -0.4 is 10.6 Å². The van der Waals surface area contributed by atoms with Gasteiger partial charge in [-0.15, -0.1) is 0 Å². The van der Waals surface area contributed by atoms with E-state index in [-0.39, 0.29) is 30.9 Å². The number of nitrogens with zero attached hydrogens (tertiary/aromatic N) is 2. The number of carbonyl (C=O) groups excluding carboxylic acids is 2. The van der Waals surface area contributed by atoms with Gasteiger partial charge in [0.2, 0.25) is 5.91 Å². The summed E-state index contributed by atoms with van der Waals surface area (Å²) in [5.41, 5.74) is 1.98. The van der Waals surface area contributed by atoms with Crippen LogP contribution in [-0.4, -0.2) is 39.0 Å². The highest BCUT2D eigenvalue weighted by Crippen LogP contribution is 2.35. The van der Waals surface area contributed by atoms with Gasteiger partial charge < -0.3 is 10.6 Å². The van der Waals surface area contributed by atoms with Gasteiger partial charge in [0, 0.05) is 23.7 Å². The molecule has 2 aromatic heterocycles.